The highest BCUT2D eigenvalue weighted by Gasteiger charge is 2.65. The molecule has 0 aromatic carbocycles. The zero-order chi connectivity index (χ0) is 26.6. The molecule has 0 radical (unpaired) electrons. The molecule has 4 aliphatic carbocycles. The van der Waals surface area contributed by atoms with Crippen LogP contribution in [0.1, 0.15) is 92.4 Å². The molecule has 12 unspecified atom stereocenters. The number of amides is 1. The van der Waals surface area contributed by atoms with Gasteiger partial charge in [-0.1, -0.05) is 34.6 Å². The first-order chi connectivity index (χ1) is 16.8. The Morgan fingerprint density at radius 1 is 0.972 bits per heavy atom. The molecule has 0 saturated heterocycles. The molecule has 4 saturated carbocycles. The maximum Gasteiger partial charge on any atom is 0.326 e. The van der Waals surface area contributed by atoms with Gasteiger partial charge in [-0.15, -0.1) is 0 Å². The molecule has 0 aromatic heterocycles. The highest BCUT2D eigenvalue weighted by molar-refractivity contribution is 5.83. The van der Waals surface area contributed by atoms with E-state index in [2.05, 4.69) is 26.1 Å². The van der Waals surface area contributed by atoms with E-state index in [1.807, 2.05) is 0 Å². The lowest BCUT2D eigenvalue weighted by molar-refractivity contribution is -0.207. The predicted molar refractivity (Wildman–Crippen MR) is 137 cm³/mol. The van der Waals surface area contributed by atoms with Crippen molar-refractivity contribution in [2.45, 2.75) is 117 Å². The minimum absolute atomic E-state index is 0.0598. The van der Waals surface area contributed by atoms with E-state index < -0.39 is 18.1 Å². The Hall–Kier alpha value is -1.18. The fraction of sp³-hybridized carbons (Fsp3) is 0.931. The third-order valence-corrected chi connectivity index (χ3v) is 11.6. The Morgan fingerprint density at radius 3 is 2.31 bits per heavy atom. The van der Waals surface area contributed by atoms with Gasteiger partial charge in [0, 0.05) is 6.42 Å². The first-order valence-corrected chi connectivity index (χ1v) is 14.4. The van der Waals surface area contributed by atoms with E-state index in [0.717, 1.165) is 38.5 Å². The van der Waals surface area contributed by atoms with Crippen LogP contribution < -0.4 is 5.32 Å². The molecule has 1 amide bonds. The minimum atomic E-state index is -1.01. The number of hydrogen-bond donors (Lipinski definition) is 5. The lowest BCUT2D eigenvalue weighted by Crippen LogP contribution is -2.62. The third-order valence-electron chi connectivity index (χ3n) is 11.6. The molecule has 36 heavy (non-hydrogen) atoms. The molecule has 4 fully saturated rings. The summed E-state index contributed by atoms with van der Waals surface area (Å²) in [6.07, 6.45) is 5.79. The van der Waals surface area contributed by atoms with Crippen molar-refractivity contribution in [2.24, 2.45) is 52.3 Å². The molecule has 12 atom stereocenters. The van der Waals surface area contributed by atoms with E-state index in [4.69, 9.17) is 0 Å². The monoisotopic (exact) mass is 507 g/mol. The van der Waals surface area contributed by atoms with Gasteiger partial charge in [0.2, 0.25) is 5.91 Å². The number of aliphatic carboxylic acids is 1. The molecule has 4 rings (SSSR count). The van der Waals surface area contributed by atoms with Crippen molar-refractivity contribution in [1.29, 1.82) is 0 Å². The summed E-state index contributed by atoms with van der Waals surface area (Å²) < 4.78 is 0. The van der Waals surface area contributed by atoms with E-state index in [1.54, 1.807) is 13.8 Å². The summed E-state index contributed by atoms with van der Waals surface area (Å²) in [5.41, 5.74) is -0.235. The second kappa shape index (κ2) is 10.2. The standard InChI is InChI=1S/C29H49NO6/c1-15(2)26(27(35)36)30-24(34)9-6-16(3)19-7-8-20-25-21(14-23(33)29(19,20)5)28(4)11-10-18(31)12-17(28)13-22(25)32/h15-23,25-26,31-33H,6-14H2,1-5H3,(H,30,34)(H,35,36). The highest BCUT2D eigenvalue weighted by Crippen LogP contribution is 2.68. The van der Waals surface area contributed by atoms with Gasteiger partial charge in [-0.25, -0.2) is 4.79 Å². The van der Waals surface area contributed by atoms with Crippen molar-refractivity contribution in [1.82, 2.24) is 5.32 Å². The number of carbonyl (C=O) groups is 2. The molecule has 7 nitrogen and oxygen atoms in total. The zero-order valence-corrected chi connectivity index (χ0v) is 22.8. The lowest BCUT2D eigenvalue weighted by atomic mass is 9.43. The Balaban J connectivity index is 1.46. The normalized spacial score (nSPS) is 45.8. The maximum atomic E-state index is 12.6. The van der Waals surface area contributed by atoms with Crippen LogP contribution in [0.3, 0.4) is 0 Å². The van der Waals surface area contributed by atoms with E-state index in [1.165, 1.54) is 0 Å². The summed E-state index contributed by atoms with van der Waals surface area (Å²) in [5, 5.41) is 45.4. The number of nitrogens with one attached hydrogen (secondary N) is 1. The molecule has 5 N–H and O–H groups in total. The van der Waals surface area contributed by atoms with E-state index in [9.17, 15) is 30.0 Å². The van der Waals surface area contributed by atoms with Gasteiger partial charge in [0.15, 0.2) is 0 Å². The maximum absolute atomic E-state index is 12.6. The van der Waals surface area contributed by atoms with Crippen LogP contribution in [0, 0.1) is 52.3 Å². The average molecular weight is 508 g/mol. The van der Waals surface area contributed by atoms with Crippen LogP contribution in [-0.4, -0.2) is 56.7 Å². The van der Waals surface area contributed by atoms with Gasteiger partial charge in [0.25, 0.3) is 0 Å². The number of carboxylic acids is 1. The van der Waals surface area contributed by atoms with Gasteiger partial charge in [-0.2, -0.15) is 0 Å². The van der Waals surface area contributed by atoms with Crippen LogP contribution in [0.15, 0.2) is 0 Å². The minimum Gasteiger partial charge on any atom is -0.480 e. The third kappa shape index (κ3) is 4.62. The second-order valence-corrected chi connectivity index (χ2v) is 13.7. The molecule has 0 heterocycles. The van der Waals surface area contributed by atoms with E-state index >= 15 is 0 Å². The molecule has 0 bridgehead atoms. The second-order valence-electron chi connectivity index (χ2n) is 13.7. The number of aliphatic hydroxyl groups is 3. The van der Waals surface area contributed by atoms with Crippen molar-refractivity contribution in [2.75, 3.05) is 0 Å². The summed E-state index contributed by atoms with van der Waals surface area (Å²) in [4.78, 5) is 24.0. The molecular weight excluding hydrogens is 458 g/mol. The van der Waals surface area contributed by atoms with Crippen LogP contribution in [0.5, 0.6) is 0 Å². The van der Waals surface area contributed by atoms with Gasteiger partial charge in [0.1, 0.15) is 6.04 Å². The first-order valence-electron chi connectivity index (χ1n) is 14.4. The Bertz CT molecular complexity index is 833. The van der Waals surface area contributed by atoms with Crippen molar-refractivity contribution < 1.29 is 30.0 Å². The number of carboxylic acid groups (broad SMARTS) is 1. The molecular formula is C29H49NO6. The summed E-state index contributed by atoms with van der Waals surface area (Å²) in [5.74, 6) is 0.0761. The summed E-state index contributed by atoms with van der Waals surface area (Å²) in [7, 11) is 0. The highest BCUT2D eigenvalue weighted by atomic mass is 16.4. The average Bonchev–Trinajstić information content (AvgIpc) is 3.16. The van der Waals surface area contributed by atoms with Gasteiger partial charge in [-0.05, 0) is 104 Å². The Labute approximate surface area is 216 Å². The largest absolute Gasteiger partial charge is 0.480 e. The predicted octanol–water partition coefficient (Wildman–Crippen LogP) is 3.59. The summed E-state index contributed by atoms with van der Waals surface area (Å²) in [6.45, 7) is 10.3. The van der Waals surface area contributed by atoms with Gasteiger partial charge >= 0.3 is 5.97 Å². The van der Waals surface area contributed by atoms with Crippen LogP contribution >= 0.6 is 0 Å². The molecule has 0 aromatic rings. The number of hydrogen-bond acceptors (Lipinski definition) is 5. The molecule has 206 valence electrons. The van der Waals surface area contributed by atoms with E-state index in [0.29, 0.717) is 18.8 Å². The molecule has 0 aliphatic heterocycles. The number of rotatable bonds is 7. The first kappa shape index (κ1) is 27.8. The van der Waals surface area contributed by atoms with Crippen LogP contribution in [0.2, 0.25) is 0 Å². The smallest absolute Gasteiger partial charge is 0.326 e. The summed E-state index contributed by atoms with van der Waals surface area (Å²) in [6, 6.07) is -0.878. The zero-order valence-electron chi connectivity index (χ0n) is 22.8. The fourth-order valence-corrected chi connectivity index (χ4v) is 9.45. The van der Waals surface area contributed by atoms with E-state index in [-0.39, 0.29) is 70.9 Å². The lowest BCUT2D eigenvalue weighted by Gasteiger charge is -2.63. The Morgan fingerprint density at radius 2 is 1.67 bits per heavy atom. The number of aliphatic hydroxyl groups excluding tert-OH is 3. The van der Waals surface area contributed by atoms with Gasteiger partial charge in [0.05, 0.1) is 18.3 Å². The number of carbonyl (C=O) groups excluding carboxylic acids is 1. The van der Waals surface area contributed by atoms with Crippen LogP contribution in [0.25, 0.3) is 0 Å². The fourth-order valence-electron chi connectivity index (χ4n) is 9.45. The van der Waals surface area contributed by atoms with Crippen LogP contribution in [0.4, 0.5) is 0 Å². The number of fused-ring (bicyclic) bond motifs is 5. The van der Waals surface area contributed by atoms with Crippen molar-refractivity contribution in [3.8, 4) is 0 Å². The van der Waals surface area contributed by atoms with Crippen molar-refractivity contribution in [3.05, 3.63) is 0 Å². The molecule has 7 heteroatoms. The van der Waals surface area contributed by atoms with Crippen molar-refractivity contribution in [3.63, 3.8) is 0 Å². The molecule has 0 spiro atoms. The topological polar surface area (TPSA) is 127 Å². The van der Waals surface area contributed by atoms with Crippen molar-refractivity contribution >= 4 is 11.9 Å². The van der Waals surface area contributed by atoms with Gasteiger partial charge in [-0.3, -0.25) is 4.79 Å². The van der Waals surface area contributed by atoms with Crippen LogP contribution in [-0.2, 0) is 9.59 Å². The van der Waals surface area contributed by atoms with Gasteiger partial charge < -0.3 is 25.7 Å². The summed E-state index contributed by atoms with van der Waals surface area (Å²) >= 11 is 0. The Kier molecular flexibility index (Phi) is 7.87. The quantitative estimate of drug-likeness (QED) is 0.358. The molecule has 4 aliphatic rings. The SMILES string of the molecule is CC(C)C(NC(=O)CCC(C)C1CCC2C3C(O)CC4CC(O)CCC4(C)C3CC(O)C12C)C(=O)O.